The molecule has 0 N–H and O–H groups in total. The standard InChI is InChI=1S/C20H18N4O3/c21-13-15-11-14(1-2-18(15)27-16-4-8-25-9-5-16)17-3-6-22-19(24-17)12-20-23-7-10-26-20/h1-3,6-7,10-11,16H,4-5,8-9,12H2. The summed E-state index contributed by atoms with van der Waals surface area (Å²) in [7, 11) is 0. The number of rotatable bonds is 5. The van der Waals surface area contributed by atoms with E-state index in [1.807, 2.05) is 18.2 Å². The van der Waals surface area contributed by atoms with E-state index in [-0.39, 0.29) is 6.10 Å². The summed E-state index contributed by atoms with van der Waals surface area (Å²) >= 11 is 0. The first kappa shape index (κ1) is 17.2. The molecule has 27 heavy (non-hydrogen) atoms. The molecule has 1 saturated heterocycles. The van der Waals surface area contributed by atoms with Gasteiger partial charge in [0, 0.05) is 24.6 Å². The molecule has 4 rings (SSSR count). The molecular weight excluding hydrogens is 344 g/mol. The van der Waals surface area contributed by atoms with Crippen molar-refractivity contribution in [3.05, 3.63) is 60.2 Å². The highest BCUT2D eigenvalue weighted by Gasteiger charge is 2.17. The Morgan fingerprint density at radius 3 is 2.81 bits per heavy atom. The Kier molecular flexibility index (Phi) is 5.08. The Balaban J connectivity index is 1.56. The zero-order valence-electron chi connectivity index (χ0n) is 14.7. The van der Waals surface area contributed by atoms with Gasteiger partial charge in [-0.1, -0.05) is 0 Å². The fourth-order valence-electron chi connectivity index (χ4n) is 2.97. The molecule has 3 heterocycles. The summed E-state index contributed by atoms with van der Waals surface area (Å²) in [5, 5.41) is 9.54. The van der Waals surface area contributed by atoms with Crippen LogP contribution in [0.1, 0.15) is 30.1 Å². The van der Waals surface area contributed by atoms with E-state index in [0.717, 1.165) is 24.1 Å². The van der Waals surface area contributed by atoms with Crippen molar-refractivity contribution in [1.29, 1.82) is 5.26 Å². The maximum atomic E-state index is 9.54. The third-order valence-electron chi connectivity index (χ3n) is 4.36. The van der Waals surface area contributed by atoms with Gasteiger partial charge in [0.2, 0.25) is 5.89 Å². The smallest absolute Gasteiger partial charge is 0.201 e. The van der Waals surface area contributed by atoms with Crippen molar-refractivity contribution in [2.45, 2.75) is 25.4 Å². The third kappa shape index (κ3) is 4.13. The second kappa shape index (κ2) is 7.98. The number of benzene rings is 1. The van der Waals surface area contributed by atoms with Gasteiger partial charge in [-0.25, -0.2) is 15.0 Å². The van der Waals surface area contributed by atoms with Gasteiger partial charge in [0.1, 0.15) is 30.0 Å². The van der Waals surface area contributed by atoms with E-state index < -0.39 is 0 Å². The van der Waals surface area contributed by atoms with Crippen molar-refractivity contribution < 1.29 is 13.9 Å². The van der Waals surface area contributed by atoms with Crippen LogP contribution in [0.3, 0.4) is 0 Å². The molecule has 0 spiro atoms. The minimum Gasteiger partial charge on any atom is -0.489 e. The fraction of sp³-hybridized carbons (Fsp3) is 0.300. The van der Waals surface area contributed by atoms with Crippen LogP contribution in [0.25, 0.3) is 11.3 Å². The Hall–Kier alpha value is -3.24. The first-order valence-corrected chi connectivity index (χ1v) is 8.81. The Labute approximate surface area is 156 Å². The average molecular weight is 362 g/mol. The summed E-state index contributed by atoms with van der Waals surface area (Å²) in [6, 6.07) is 9.58. The molecule has 7 nitrogen and oxygen atoms in total. The van der Waals surface area contributed by atoms with Crippen LogP contribution in [0.15, 0.2) is 47.3 Å². The van der Waals surface area contributed by atoms with E-state index >= 15 is 0 Å². The first-order valence-electron chi connectivity index (χ1n) is 8.81. The molecular formula is C20H18N4O3. The molecule has 0 unspecified atom stereocenters. The third-order valence-corrected chi connectivity index (χ3v) is 4.36. The normalized spacial score (nSPS) is 14.6. The Morgan fingerprint density at radius 1 is 1.15 bits per heavy atom. The molecule has 1 aromatic carbocycles. The number of nitriles is 1. The summed E-state index contributed by atoms with van der Waals surface area (Å²) in [6.07, 6.45) is 6.98. The van der Waals surface area contributed by atoms with Gasteiger partial charge in [0.05, 0.1) is 37.1 Å². The molecule has 1 aliphatic rings. The maximum Gasteiger partial charge on any atom is 0.201 e. The molecule has 0 atom stereocenters. The molecule has 3 aromatic rings. The molecule has 1 fully saturated rings. The number of hydrogen-bond donors (Lipinski definition) is 0. The van der Waals surface area contributed by atoms with Crippen LogP contribution >= 0.6 is 0 Å². The minimum atomic E-state index is 0.0862. The largest absolute Gasteiger partial charge is 0.489 e. The molecule has 136 valence electrons. The van der Waals surface area contributed by atoms with Gasteiger partial charge in [-0.15, -0.1) is 0 Å². The van der Waals surface area contributed by atoms with E-state index in [4.69, 9.17) is 13.9 Å². The lowest BCUT2D eigenvalue weighted by Crippen LogP contribution is -2.26. The topological polar surface area (TPSA) is 94.1 Å². The highest BCUT2D eigenvalue weighted by Crippen LogP contribution is 2.27. The van der Waals surface area contributed by atoms with Crippen molar-refractivity contribution in [1.82, 2.24) is 15.0 Å². The molecule has 0 aliphatic carbocycles. The van der Waals surface area contributed by atoms with E-state index in [9.17, 15) is 5.26 Å². The lowest BCUT2D eigenvalue weighted by atomic mass is 10.1. The van der Waals surface area contributed by atoms with E-state index in [1.54, 1.807) is 18.5 Å². The van der Waals surface area contributed by atoms with Crippen LogP contribution in [0, 0.1) is 11.3 Å². The summed E-state index contributed by atoms with van der Waals surface area (Å²) in [4.78, 5) is 12.9. The summed E-state index contributed by atoms with van der Waals surface area (Å²) in [5.41, 5.74) is 2.06. The first-order chi connectivity index (χ1) is 13.3. The molecule has 7 heteroatoms. The SMILES string of the molecule is N#Cc1cc(-c2ccnc(Cc3ncco3)n2)ccc1OC1CCOCC1. The second-order valence-electron chi connectivity index (χ2n) is 6.21. The quantitative estimate of drug-likeness (QED) is 0.688. The van der Waals surface area contributed by atoms with Gasteiger partial charge in [0.15, 0.2) is 0 Å². The molecule has 0 saturated carbocycles. The van der Waals surface area contributed by atoms with Gasteiger partial charge >= 0.3 is 0 Å². The fourth-order valence-corrected chi connectivity index (χ4v) is 2.97. The van der Waals surface area contributed by atoms with Crippen LogP contribution in [-0.2, 0) is 11.2 Å². The van der Waals surface area contributed by atoms with E-state index in [0.29, 0.717) is 42.7 Å². The molecule has 0 bridgehead atoms. The average Bonchev–Trinajstić information content (AvgIpc) is 3.22. The zero-order valence-corrected chi connectivity index (χ0v) is 14.7. The van der Waals surface area contributed by atoms with E-state index in [2.05, 4.69) is 21.0 Å². The second-order valence-corrected chi connectivity index (χ2v) is 6.21. The number of aromatic nitrogens is 3. The van der Waals surface area contributed by atoms with Gasteiger partial charge in [0.25, 0.3) is 0 Å². The van der Waals surface area contributed by atoms with Gasteiger partial charge in [-0.05, 0) is 24.3 Å². The van der Waals surface area contributed by atoms with Gasteiger partial charge in [-0.3, -0.25) is 0 Å². The van der Waals surface area contributed by atoms with Crippen LogP contribution in [-0.4, -0.2) is 34.3 Å². The summed E-state index contributed by atoms with van der Waals surface area (Å²) in [6.45, 7) is 1.39. The highest BCUT2D eigenvalue weighted by atomic mass is 16.5. The summed E-state index contributed by atoms with van der Waals surface area (Å²) in [5.74, 6) is 1.77. The van der Waals surface area contributed by atoms with Crippen LogP contribution in [0.4, 0.5) is 0 Å². The Bertz CT molecular complexity index is 944. The minimum absolute atomic E-state index is 0.0862. The number of oxazole rings is 1. The van der Waals surface area contributed by atoms with Crippen LogP contribution in [0.5, 0.6) is 5.75 Å². The predicted molar refractivity (Wildman–Crippen MR) is 96.0 cm³/mol. The molecule has 0 amide bonds. The van der Waals surface area contributed by atoms with Gasteiger partial charge in [-0.2, -0.15) is 5.26 Å². The Morgan fingerprint density at radius 2 is 2.04 bits per heavy atom. The van der Waals surface area contributed by atoms with E-state index in [1.165, 1.54) is 6.26 Å². The predicted octanol–water partition coefficient (Wildman–Crippen LogP) is 3.15. The van der Waals surface area contributed by atoms with Crippen LogP contribution < -0.4 is 4.74 Å². The maximum absolute atomic E-state index is 9.54. The summed E-state index contributed by atoms with van der Waals surface area (Å²) < 4.78 is 16.6. The number of nitrogens with zero attached hydrogens (tertiary/aromatic N) is 4. The van der Waals surface area contributed by atoms with Gasteiger partial charge < -0.3 is 13.9 Å². The van der Waals surface area contributed by atoms with Crippen molar-refractivity contribution in [3.8, 4) is 23.1 Å². The zero-order chi connectivity index (χ0) is 18.5. The van der Waals surface area contributed by atoms with Crippen molar-refractivity contribution in [2.24, 2.45) is 0 Å². The van der Waals surface area contributed by atoms with Crippen molar-refractivity contribution in [2.75, 3.05) is 13.2 Å². The molecule has 0 radical (unpaired) electrons. The monoisotopic (exact) mass is 362 g/mol. The van der Waals surface area contributed by atoms with Crippen molar-refractivity contribution >= 4 is 0 Å². The molecule has 2 aromatic heterocycles. The lowest BCUT2D eigenvalue weighted by molar-refractivity contribution is 0.0254. The van der Waals surface area contributed by atoms with Crippen molar-refractivity contribution in [3.63, 3.8) is 0 Å². The number of ether oxygens (including phenoxy) is 2. The van der Waals surface area contributed by atoms with Crippen LogP contribution in [0.2, 0.25) is 0 Å². The number of hydrogen-bond acceptors (Lipinski definition) is 7. The highest BCUT2D eigenvalue weighted by molar-refractivity contribution is 5.64. The molecule has 1 aliphatic heterocycles. The lowest BCUT2D eigenvalue weighted by Gasteiger charge is -2.23.